The van der Waals surface area contributed by atoms with E-state index in [1.54, 1.807) is 19.1 Å². The first-order valence-electron chi connectivity index (χ1n) is 11.1. The fourth-order valence-corrected chi connectivity index (χ4v) is 7.59. The highest BCUT2D eigenvalue weighted by Crippen LogP contribution is 2.68. The number of carboxylic acid groups (broad SMARTS) is 1. The molecule has 0 unspecified atom stereocenters. The number of hydrogen-bond acceptors (Lipinski definition) is 6. The fraction of sp³-hybridized carbons (Fsp3) is 0.708. The van der Waals surface area contributed by atoms with Crippen LogP contribution in [0.1, 0.15) is 59.8 Å². The van der Waals surface area contributed by atoms with E-state index in [2.05, 4.69) is 6.92 Å². The third-order valence-corrected chi connectivity index (χ3v) is 8.90. The third-order valence-electron chi connectivity index (χ3n) is 8.90. The van der Waals surface area contributed by atoms with Gasteiger partial charge in [-0.25, -0.2) is 0 Å². The molecule has 0 aromatic heterocycles. The van der Waals surface area contributed by atoms with Crippen molar-refractivity contribution in [1.29, 1.82) is 0 Å². The molecule has 0 amide bonds. The maximum Gasteiger partial charge on any atom is 0.306 e. The van der Waals surface area contributed by atoms with E-state index in [1.165, 1.54) is 0 Å². The number of allylic oxidation sites excluding steroid dienone is 4. The number of esters is 1. The molecule has 30 heavy (non-hydrogen) atoms. The van der Waals surface area contributed by atoms with Gasteiger partial charge in [-0.1, -0.05) is 39.3 Å². The Hall–Kier alpha value is -1.95. The van der Waals surface area contributed by atoms with Gasteiger partial charge >= 0.3 is 5.97 Å². The van der Waals surface area contributed by atoms with Crippen LogP contribution in [0.5, 0.6) is 0 Å². The van der Waals surface area contributed by atoms with Crippen LogP contribution < -0.4 is 5.11 Å². The number of aliphatic hydroxyl groups excluding tert-OH is 1. The summed E-state index contributed by atoms with van der Waals surface area (Å²) in [5.74, 6) is -2.40. The fourth-order valence-electron chi connectivity index (χ4n) is 7.59. The van der Waals surface area contributed by atoms with Crippen molar-refractivity contribution in [3.8, 4) is 0 Å². The number of carboxylic acids is 1. The van der Waals surface area contributed by atoms with Crippen LogP contribution in [0.4, 0.5) is 0 Å². The van der Waals surface area contributed by atoms with Crippen molar-refractivity contribution in [2.45, 2.75) is 71.5 Å². The highest BCUT2D eigenvalue weighted by molar-refractivity contribution is 6.01. The Morgan fingerprint density at radius 1 is 1.33 bits per heavy atom. The lowest BCUT2D eigenvalue weighted by Crippen LogP contribution is -2.66. The second-order valence-electron chi connectivity index (χ2n) is 10.2. The van der Waals surface area contributed by atoms with Gasteiger partial charge in [0, 0.05) is 29.1 Å². The van der Waals surface area contributed by atoms with Gasteiger partial charge < -0.3 is 19.7 Å². The lowest BCUT2D eigenvalue weighted by atomic mass is 9.46. The molecule has 3 fully saturated rings. The number of ketones is 1. The first-order chi connectivity index (χ1) is 14.0. The topological polar surface area (TPSA) is 104 Å². The minimum atomic E-state index is -1.74. The zero-order valence-electron chi connectivity index (χ0n) is 18.1. The molecule has 0 spiro atoms. The predicted octanol–water partition coefficient (Wildman–Crippen LogP) is 1.95. The zero-order chi connectivity index (χ0) is 22.1. The van der Waals surface area contributed by atoms with Crippen LogP contribution in [0.3, 0.4) is 0 Å². The summed E-state index contributed by atoms with van der Waals surface area (Å²) in [6.07, 6.45) is 6.87. The van der Waals surface area contributed by atoms with Crippen molar-refractivity contribution in [2.24, 2.45) is 34.5 Å². The Morgan fingerprint density at radius 3 is 2.67 bits per heavy atom. The van der Waals surface area contributed by atoms with Crippen LogP contribution >= 0.6 is 0 Å². The molecule has 0 saturated heterocycles. The van der Waals surface area contributed by atoms with Gasteiger partial charge in [0.05, 0.1) is 12.1 Å². The van der Waals surface area contributed by atoms with E-state index in [4.69, 9.17) is 4.74 Å². The Labute approximate surface area is 177 Å². The summed E-state index contributed by atoms with van der Waals surface area (Å²) in [7, 11) is 0. The number of carbonyl (C=O) groups is 3. The zero-order valence-corrected chi connectivity index (χ0v) is 18.1. The van der Waals surface area contributed by atoms with Gasteiger partial charge in [0.2, 0.25) is 0 Å². The molecule has 3 saturated carbocycles. The molecule has 0 aliphatic heterocycles. The molecule has 0 heterocycles. The quantitative estimate of drug-likeness (QED) is 0.707. The van der Waals surface area contributed by atoms with Crippen molar-refractivity contribution in [3.05, 3.63) is 23.8 Å². The molecule has 164 valence electrons. The van der Waals surface area contributed by atoms with Crippen LogP contribution in [0.2, 0.25) is 0 Å². The molecule has 0 aromatic rings. The average Bonchev–Trinajstić information content (AvgIpc) is 2.89. The van der Waals surface area contributed by atoms with Crippen LogP contribution in [0.25, 0.3) is 0 Å². The summed E-state index contributed by atoms with van der Waals surface area (Å²) >= 11 is 0. The van der Waals surface area contributed by atoms with E-state index in [0.717, 1.165) is 18.4 Å². The molecule has 0 aromatic carbocycles. The van der Waals surface area contributed by atoms with Crippen LogP contribution in [-0.2, 0) is 19.1 Å². The minimum Gasteiger partial charge on any atom is -0.546 e. The largest absolute Gasteiger partial charge is 0.546 e. The number of ether oxygens (including phenoxy) is 1. The van der Waals surface area contributed by atoms with E-state index >= 15 is 0 Å². The van der Waals surface area contributed by atoms with Gasteiger partial charge in [0.1, 0.15) is 0 Å². The molecule has 0 radical (unpaired) electrons. The van der Waals surface area contributed by atoms with Gasteiger partial charge in [0.15, 0.2) is 11.4 Å². The number of fused-ring (bicyclic) bond motifs is 5. The number of aliphatic hydroxyl groups is 1. The van der Waals surface area contributed by atoms with Gasteiger partial charge in [-0.15, -0.1) is 0 Å². The van der Waals surface area contributed by atoms with Crippen LogP contribution in [-0.4, -0.2) is 34.5 Å². The summed E-state index contributed by atoms with van der Waals surface area (Å²) in [6.45, 7) is 7.39. The first kappa shape index (κ1) is 21.3. The maximum atomic E-state index is 12.5. The summed E-state index contributed by atoms with van der Waals surface area (Å²) in [6, 6.07) is 0. The van der Waals surface area contributed by atoms with E-state index in [9.17, 15) is 24.6 Å². The monoisotopic (exact) mass is 415 g/mol. The molecule has 0 bridgehead atoms. The summed E-state index contributed by atoms with van der Waals surface area (Å²) in [4.78, 5) is 36.7. The summed E-state index contributed by atoms with van der Waals surface area (Å²) < 4.78 is 5.69. The Balaban J connectivity index is 1.79. The van der Waals surface area contributed by atoms with Crippen LogP contribution in [0.15, 0.2) is 23.8 Å². The van der Waals surface area contributed by atoms with Crippen molar-refractivity contribution in [1.82, 2.24) is 0 Å². The SMILES string of the molecule is CCC(=O)O[C@]1(C(=O)[O-])[C@H](C)C[C@H]2[C@@H]3CCC4=CC(=O)C=C[C@]4(C)[C@H]3[C@@H](O)C[C@@]21C. The highest BCUT2D eigenvalue weighted by Gasteiger charge is 2.71. The Kier molecular flexibility index (Phi) is 4.81. The van der Waals surface area contributed by atoms with Crippen molar-refractivity contribution >= 4 is 17.7 Å². The van der Waals surface area contributed by atoms with E-state index in [-0.39, 0.29) is 36.4 Å². The Morgan fingerprint density at radius 2 is 2.03 bits per heavy atom. The molecule has 4 aliphatic carbocycles. The average molecular weight is 416 g/mol. The predicted molar refractivity (Wildman–Crippen MR) is 107 cm³/mol. The molecule has 6 heteroatoms. The maximum absolute atomic E-state index is 12.5. The molecular formula is C24H31O6-. The van der Waals surface area contributed by atoms with E-state index in [0.29, 0.717) is 6.42 Å². The number of rotatable bonds is 3. The van der Waals surface area contributed by atoms with Crippen molar-refractivity contribution < 1.29 is 29.3 Å². The smallest absolute Gasteiger partial charge is 0.306 e. The van der Waals surface area contributed by atoms with Crippen LogP contribution in [0, 0.1) is 34.5 Å². The Bertz CT molecular complexity index is 858. The van der Waals surface area contributed by atoms with Crippen molar-refractivity contribution in [3.63, 3.8) is 0 Å². The molecule has 1 N–H and O–H groups in total. The van der Waals surface area contributed by atoms with E-state index < -0.39 is 40.4 Å². The third kappa shape index (κ3) is 2.55. The van der Waals surface area contributed by atoms with Crippen molar-refractivity contribution in [2.75, 3.05) is 0 Å². The van der Waals surface area contributed by atoms with E-state index in [1.807, 2.05) is 19.9 Å². The van der Waals surface area contributed by atoms with Gasteiger partial charge in [-0.2, -0.15) is 0 Å². The number of aliphatic carboxylic acids is 1. The van der Waals surface area contributed by atoms with Gasteiger partial charge in [-0.05, 0) is 49.7 Å². The summed E-state index contributed by atoms with van der Waals surface area (Å²) in [5.41, 5.74) is -2.03. The number of hydrogen-bond donors (Lipinski definition) is 1. The first-order valence-corrected chi connectivity index (χ1v) is 11.1. The van der Waals surface area contributed by atoms with Gasteiger partial charge in [-0.3, -0.25) is 9.59 Å². The second-order valence-corrected chi connectivity index (χ2v) is 10.2. The highest BCUT2D eigenvalue weighted by atomic mass is 16.6. The second kappa shape index (κ2) is 6.78. The van der Waals surface area contributed by atoms with Gasteiger partial charge in [0.25, 0.3) is 0 Å². The lowest BCUT2D eigenvalue weighted by Gasteiger charge is -2.60. The standard InChI is InChI=1S/C24H32O6/c1-5-19(27)30-24(21(28)29)13(2)10-17-16-7-6-14-11-15(25)8-9-22(14,3)20(16)18(26)12-23(17,24)4/h8-9,11,13,16-18,20,26H,5-7,10,12H2,1-4H3,(H,28,29)/p-1/t13-,16+,17+,18+,20-,22+,23+,24+/m1/s1. The minimum absolute atomic E-state index is 0.0204. The molecular weight excluding hydrogens is 384 g/mol. The molecule has 8 atom stereocenters. The lowest BCUT2D eigenvalue weighted by molar-refractivity contribution is -0.338. The number of carbonyl (C=O) groups excluding carboxylic acids is 3. The molecule has 6 nitrogen and oxygen atoms in total. The molecule has 4 aliphatic rings. The summed E-state index contributed by atoms with van der Waals surface area (Å²) in [5, 5.41) is 23.9. The normalized spacial score (nSPS) is 47.0. The molecule has 4 rings (SSSR count).